The SMILES string of the molecule is CC(Nc1ccc(Cl)cc1C(=O)O)c1ccco1. The number of rotatable bonds is 4. The average molecular weight is 266 g/mol. The van der Waals surface area contributed by atoms with Crippen LogP contribution in [0.3, 0.4) is 0 Å². The molecule has 0 radical (unpaired) electrons. The van der Waals surface area contributed by atoms with Crippen LogP contribution >= 0.6 is 11.6 Å². The van der Waals surface area contributed by atoms with E-state index in [0.29, 0.717) is 10.7 Å². The number of furan rings is 1. The Kier molecular flexibility index (Phi) is 3.58. The van der Waals surface area contributed by atoms with Crippen molar-refractivity contribution in [1.29, 1.82) is 0 Å². The predicted octanol–water partition coefficient (Wildman–Crippen LogP) is 3.80. The number of benzene rings is 1. The molecule has 0 aliphatic carbocycles. The molecule has 4 nitrogen and oxygen atoms in total. The number of carbonyl (C=O) groups is 1. The van der Waals surface area contributed by atoms with Crippen molar-refractivity contribution in [3.63, 3.8) is 0 Å². The van der Waals surface area contributed by atoms with Gasteiger partial charge < -0.3 is 14.8 Å². The van der Waals surface area contributed by atoms with Crippen molar-refractivity contribution in [2.45, 2.75) is 13.0 Å². The fraction of sp³-hybridized carbons (Fsp3) is 0.154. The van der Waals surface area contributed by atoms with Crippen molar-refractivity contribution in [1.82, 2.24) is 0 Å². The number of hydrogen-bond acceptors (Lipinski definition) is 3. The highest BCUT2D eigenvalue weighted by Crippen LogP contribution is 2.25. The summed E-state index contributed by atoms with van der Waals surface area (Å²) in [5.74, 6) is -0.284. The summed E-state index contributed by atoms with van der Waals surface area (Å²) in [6.07, 6.45) is 1.58. The van der Waals surface area contributed by atoms with Crippen molar-refractivity contribution in [2.75, 3.05) is 5.32 Å². The highest BCUT2D eigenvalue weighted by atomic mass is 35.5. The van der Waals surface area contributed by atoms with Gasteiger partial charge in [-0.2, -0.15) is 0 Å². The Morgan fingerprint density at radius 3 is 2.83 bits per heavy atom. The number of carboxylic acids is 1. The molecule has 1 aromatic carbocycles. The quantitative estimate of drug-likeness (QED) is 0.882. The zero-order valence-corrected chi connectivity index (χ0v) is 10.4. The Morgan fingerprint density at radius 2 is 2.22 bits per heavy atom. The van der Waals surface area contributed by atoms with E-state index >= 15 is 0 Å². The predicted molar refractivity (Wildman–Crippen MR) is 69.2 cm³/mol. The van der Waals surface area contributed by atoms with Crippen LogP contribution < -0.4 is 5.32 Å². The molecule has 2 N–H and O–H groups in total. The van der Waals surface area contributed by atoms with E-state index in [2.05, 4.69) is 5.32 Å². The van der Waals surface area contributed by atoms with Gasteiger partial charge in [-0.1, -0.05) is 11.6 Å². The maximum Gasteiger partial charge on any atom is 0.337 e. The molecule has 1 atom stereocenters. The molecule has 0 saturated heterocycles. The van der Waals surface area contributed by atoms with Crippen molar-refractivity contribution in [3.8, 4) is 0 Å². The first-order valence-corrected chi connectivity index (χ1v) is 5.78. The molecular formula is C13H12ClNO3. The molecule has 0 aliphatic heterocycles. The van der Waals surface area contributed by atoms with Crippen LogP contribution in [0.1, 0.15) is 29.1 Å². The number of hydrogen-bond donors (Lipinski definition) is 2. The molecule has 0 saturated carbocycles. The van der Waals surface area contributed by atoms with E-state index in [1.165, 1.54) is 6.07 Å². The van der Waals surface area contributed by atoms with Crippen molar-refractivity contribution in [3.05, 3.63) is 52.9 Å². The molecule has 1 aromatic heterocycles. The first-order valence-electron chi connectivity index (χ1n) is 5.40. The van der Waals surface area contributed by atoms with Gasteiger partial charge in [0.1, 0.15) is 5.76 Å². The van der Waals surface area contributed by atoms with Gasteiger partial charge >= 0.3 is 5.97 Å². The number of anilines is 1. The summed E-state index contributed by atoms with van der Waals surface area (Å²) in [6, 6.07) is 8.19. The second-order valence-corrected chi connectivity index (χ2v) is 4.31. The Balaban J connectivity index is 2.26. The lowest BCUT2D eigenvalue weighted by atomic mass is 10.1. The zero-order chi connectivity index (χ0) is 13.1. The maximum atomic E-state index is 11.1. The van der Waals surface area contributed by atoms with Gasteiger partial charge in [-0.25, -0.2) is 4.79 Å². The molecule has 0 spiro atoms. The number of halogens is 1. The van der Waals surface area contributed by atoms with Gasteiger partial charge in [-0.05, 0) is 37.3 Å². The summed E-state index contributed by atoms with van der Waals surface area (Å²) in [5.41, 5.74) is 0.650. The summed E-state index contributed by atoms with van der Waals surface area (Å²) in [5, 5.41) is 12.6. The van der Waals surface area contributed by atoms with Crippen LogP contribution in [0.4, 0.5) is 5.69 Å². The smallest absolute Gasteiger partial charge is 0.337 e. The van der Waals surface area contributed by atoms with Crippen molar-refractivity contribution in [2.24, 2.45) is 0 Å². The zero-order valence-electron chi connectivity index (χ0n) is 9.68. The van der Waals surface area contributed by atoms with E-state index in [1.54, 1.807) is 24.5 Å². The van der Waals surface area contributed by atoms with E-state index in [4.69, 9.17) is 21.1 Å². The summed E-state index contributed by atoms with van der Waals surface area (Å²) >= 11 is 5.79. The van der Waals surface area contributed by atoms with E-state index in [9.17, 15) is 4.79 Å². The van der Waals surface area contributed by atoms with Gasteiger partial charge in [0.15, 0.2) is 0 Å². The van der Waals surface area contributed by atoms with Gasteiger partial charge in [-0.15, -0.1) is 0 Å². The third-order valence-corrected chi connectivity index (χ3v) is 2.79. The van der Waals surface area contributed by atoms with Gasteiger partial charge in [0.2, 0.25) is 0 Å². The lowest BCUT2D eigenvalue weighted by molar-refractivity contribution is 0.0698. The van der Waals surface area contributed by atoms with E-state index in [0.717, 1.165) is 5.76 Å². The van der Waals surface area contributed by atoms with Crippen LogP contribution in [0.25, 0.3) is 0 Å². The molecule has 2 rings (SSSR count). The fourth-order valence-electron chi connectivity index (χ4n) is 1.66. The standard InChI is InChI=1S/C13H12ClNO3/c1-8(12-3-2-6-18-12)15-11-5-4-9(14)7-10(11)13(16)17/h2-8,15H,1H3,(H,16,17). The van der Waals surface area contributed by atoms with Crippen LogP contribution in [0.2, 0.25) is 5.02 Å². The molecule has 1 unspecified atom stereocenters. The third-order valence-electron chi connectivity index (χ3n) is 2.55. The summed E-state index contributed by atoms with van der Waals surface area (Å²) in [7, 11) is 0. The van der Waals surface area contributed by atoms with Gasteiger partial charge in [-0.3, -0.25) is 0 Å². The molecular weight excluding hydrogens is 254 g/mol. The third kappa shape index (κ3) is 2.65. The molecule has 94 valence electrons. The molecule has 0 fully saturated rings. The van der Waals surface area contributed by atoms with Crippen molar-refractivity contribution >= 4 is 23.3 Å². The van der Waals surface area contributed by atoms with Crippen LogP contribution in [0, 0.1) is 0 Å². The van der Waals surface area contributed by atoms with Gasteiger partial charge in [0.25, 0.3) is 0 Å². The highest BCUT2D eigenvalue weighted by Gasteiger charge is 2.14. The maximum absolute atomic E-state index is 11.1. The van der Waals surface area contributed by atoms with E-state index in [-0.39, 0.29) is 11.6 Å². The topological polar surface area (TPSA) is 62.5 Å². The molecule has 0 amide bonds. The van der Waals surface area contributed by atoms with E-state index < -0.39 is 5.97 Å². The molecule has 0 bridgehead atoms. The van der Waals surface area contributed by atoms with Gasteiger partial charge in [0, 0.05) is 10.7 Å². The molecule has 5 heteroatoms. The average Bonchev–Trinajstić information content (AvgIpc) is 2.84. The summed E-state index contributed by atoms with van der Waals surface area (Å²) in [6.45, 7) is 1.89. The first kappa shape index (κ1) is 12.5. The van der Waals surface area contributed by atoms with Crippen LogP contribution in [-0.4, -0.2) is 11.1 Å². The molecule has 0 aliphatic rings. The number of carboxylic acid groups (broad SMARTS) is 1. The lowest BCUT2D eigenvalue weighted by Gasteiger charge is -2.15. The Morgan fingerprint density at radius 1 is 1.44 bits per heavy atom. The second-order valence-electron chi connectivity index (χ2n) is 3.88. The molecule has 2 aromatic rings. The molecule has 18 heavy (non-hydrogen) atoms. The van der Waals surface area contributed by atoms with Crippen LogP contribution in [0.5, 0.6) is 0 Å². The minimum absolute atomic E-state index is 0.126. The second kappa shape index (κ2) is 5.14. The fourth-order valence-corrected chi connectivity index (χ4v) is 1.83. The Hall–Kier alpha value is -1.94. The highest BCUT2D eigenvalue weighted by molar-refractivity contribution is 6.31. The summed E-state index contributed by atoms with van der Waals surface area (Å²) < 4.78 is 5.26. The Bertz CT molecular complexity index is 551. The van der Waals surface area contributed by atoms with E-state index in [1.807, 2.05) is 13.0 Å². The monoisotopic (exact) mass is 265 g/mol. The normalized spacial score (nSPS) is 12.1. The van der Waals surface area contributed by atoms with Crippen LogP contribution in [0.15, 0.2) is 41.0 Å². The Labute approximate surface area is 109 Å². The largest absolute Gasteiger partial charge is 0.478 e. The number of aromatic carboxylic acids is 1. The minimum atomic E-state index is -1.02. The van der Waals surface area contributed by atoms with Crippen molar-refractivity contribution < 1.29 is 14.3 Å². The first-order chi connectivity index (χ1) is 8.58. The van der Waals surface area contributed by atoms with Crippen LogP contribution in [-0.2, 0) is 0 Å². The van der Waals surface area contributed by atoms with Gasteiger partial charge in [0.05, 0.1) is 17.9 Å². The summed E-state index contributed by atoms with van der Waals surface area (Å²) in [4.78, 5) is 11.1. The minimum Gasteiger partial charge on any atom is -0.478 e. The molecule has 1 heterocycles. The number of nitrogens with one attached hydrogen (secondary N) is 1. The lowest BCUT2D eigenvalue weighted by Crippen LogP contribution is -2.10.